The summed E-state index contributed by atoms with van der Waals surface area (Å²) in [6.45, 7) is 14.7. The molecule has 1 rings (SSSR count). The van der Waals surface area contributed by atoms with Gasteiger partial charge >= 0.3 is 0 Å². The summed E-state index contributed by atoms with van der Waals surface area (Å²) in [6, 6.07) is 0. The molecule has 0 spiro atoms. The maximum absolute atomic E-state index is 5.57. The summed E-state index contributed by atoms with van der Waals surface area (Å²) >= 11 is 0. The number of nitrogens with one attached hydrogen (secondary N) is 1. The molecule has 1 aromatic heterocycles. The van der Waals surface area contributed by atoms with Crippen molar-refractivity contribution in [1.29, 1.82) is 0 Å². The minimum absolute atomic E-state index is 0.282. The van der Waals surface area contributed by atoms with E-state index in [4.69, 9.17) is 10.8 Å². The Hall–Kier alpha value is -1.36. The smallest absolute Gasteiger partial charge is 0.148 e. The Morgan fingerprint density at radius 3 is 2.26 bits per heavy atom. The zero-order valence-corrected chi connectivity index (χ0v) is 13.0. The van der Waals surface area contributed by atoms with E-state index in [0.717, 1.165) is 36.1 Å². The predicted molar refractivity (Wildman–Crippen MR) is 81.4 cm³/mol. The summed E-state index contributed by atoms with van der Waals surface area (Å²) in [7, 11) is 0. The fourth-order valence-corrected chi connectivity index (χ4v) is 2.03. The summed E-state index contributed by atoms with van der Waals surface area (Å²) < 4.78 is 0. The van der Waals surface area contributed by atoms with Gasteiger partial charge in [0.05, 0.1) is 0 Å². The van der Waals surface area contributed by atoms with Crippen LogP contribution in [0.2, 0.25) is 0 Å². The van der Waals surface area contributed by atoms with E-state index >= 15 is 0 Å². The lowest BCUT2D eigenvalue weighted by Crippen LogP contribution is -2.30. The molecule has 0 bridgehead atoms. The average Bonchev–Trinajstić information content (AvgIpc) is 2.36. The maximum Gasteiger partial charge on any atom is 0.148 e. The van der Waals surface area contributed by atoms with Gasteiger partial charge in [-0.25, -0.2) is 15.8 Å². The molecule has 0 atom stereocenters. The average molecular weight is 265 g/mol. The van der Waals surface area contributed by atoms with E-state index in [2.05, 4.69) is 49.9 Å². The lowest BCUT2D eigenvalue weighted by molar-refractivity contribution is 0.610. The van der Waals surface area contributed by atoms with Gasteiger partial charge in [-0.1, -0.05) is 27.7 Å². The standard InChI is InChI=1S/C14H27N5/c1-7-19(8-9(2)3)14-11(6)13(18-15)16-12(17-14)10(4)5/h9-10H,7-8,15H2,1-6H3,(H,16,17,18). The lowest BCUT2D eigenvalue weighted by Gasteiger charge is -2.27. The molecule has 0 aliphatic carbocycles. The van der Waals surface area contributed by atoms with Crippen molar-refractivity contribution in [2.75, 3.05) is 23.4 Å². The topological polar surface area (TPSA) is 67.1 Å². The third-order valence-electron chi connectivity index (χ3n) is 3.06. The fraction of sp³-hybridized carbons (Fsp3) is 0.714. The van der Waals surface area contributed by atoms with Gasteiger partial charge in [0.1, 0.15) is 17.5 Å². The Kier molecular flexibility index (Phi) is 5.54. The number of nitrogens with two attached hydrogens (primary N) is 1. The van der Waals surface area contributed by atoms with Crippen LogP contribution < -0.4 is 16.2 Å². The van der Waals surface area contributed by atoms with Gasteiger partial charge in [-0.2, -0.15) is 0 Å². The first kappa shape index (κ1) is 15.7. The zero-order valence-electron chi connectivity index (χ0n) is 13.0. The first-order valence-corrected chi connectivity index (χ1v) is 7.00. The molecule has 1 heterocycles. The van der Waals surface area contributed by atoms with Crippen LogP contribution in [-0.2, 0) is 0 Å². The number of nitrogen functional groups attached to an aromatic ring is 1. The molecule has 0 unspecified atom stereocenters. The van der Waals surface area contributed by atoms with Crippen LogP contribution in [0.4, 0.5) is 11.6 Å². The summed E-state index contributed by atoms with van der Waals surface area (Å²) in [5, 5.41) is 0. The highest BCUT2D eigenvalue weighted by molar-refractivity contribution is 5.58. The van der Waals surface area contributed by atoms with Gasteiger partial charge in [-0.15, -0.1) is 0 Å². The Bertz CT molecular complexity index is 415. The highest BCUT2D eigenvalue weighted by atomic mass is 15.3. The third kappa shape index (κ3) is 3.80. The second kappa shape index (κ2) is 6.70. The Labute approximate surface area is 116 Å². The molecule has 5 heteroatoms. The Morgan fingerprint density at radius 2 is 1.84 bits per heavy atom. The molecular formula is C14H27N5. The highest BCUT2D eigenvalue weighted by Crippen LogP contribution is 2.26. The molecule has 0 saturated carbocycles. The van der Waals surface area contributed by atoms with Gasteiger partial charge in [-0.05, 0) is 19.8 Å². The number of hydrogen-bond acceptors (Lipinski definition) is 5. The van der Waals surface area contributed by atoms with E-state index in [1.54, 1.807) is 0 Å². The summed E-state index contributed by atoms with van der Waals surface area (Å²) in [6.07, 6.45) is 0. The van der Waals surface area contributed by atoms with Crippen LogP contribution >= 0.6 is 0 Å². The molecular weight excluding hydrogens is 238 g/mol. The fourth-order valence-electron chi connectivity index (χ4n) is 2.03. The number of anilines is 2. The number of rotatable bonds is 6. The molecule has 0 aliphatic rings. The van der Waals surface area contributed by atoms with Crippen LogP contribution in [0.15, 0.2) is 0 Å². The van der Waals surface area contributed by atoms with Crippen molar-refractivity contribution in [2.45, 2.75) is 47.5 Å². The molecule has 5 nitrogen and oxygen atoms in total. The van der Waals surface area contributed by atoms with E-state index in [-0.39, 0.29) is 5.92 Å². The quantitative estimate of drug-likeness (QED) is 0.611. The first-order valence-electron chi connectivity index (χ1n) is 7.00. The van der Waals surface area contributed by atoms with Crippen molar-refractivity contribution in [3.05, 3.63) is 11.4 Å². The monoisotopic (exact) mass is 265 g/mol. The number of hydrazine groups is 1. The molecule has 3 N–H and O–H groups in total. The van der Waals surface area contributed by atoms with Gasteiger partial charge in [0.25, 0.3) is 0 Å². The van der Waals surface area contributed by atoms with Crippen LogP contribution in [0.5, 0.6) is 0 Å². The minimum Gasteiger partial charge on any atom is -0.356 e. The molecule has 0 saturated heterocycles. The van der Waals surface area contributed by atoms with Gasteiger partial charge in [0.15, 0.2) is 0 Å². The van der Waals surface area contributed by atoms with Crippen molar-refractivity contribution in [1.82, 2.24) is 9.97 Å². The highest BCUT2D eigenvalue weighted by Gasteiger charge is 2.17. The van der Waals surface area contributed by atoms with Crippen molar-refractivity contribution in [3.63, 3.8) is 0 Å². The summed E-state index contributed by atoms with van der Waals surface area (Å²) in [5.41, 5.74) is 3.69. The molecule has 0 radical (unpaired) electrons. The van der Waals surface area contributed by atoms with Crippen LogP contribution in [0.1, 0.15) is 51.9 Å². The lowest BCUT2D eigenvalue weighted by atomic mass is 10.1. The van der Waals surface area contributed by atoms with Crippen LogP contribution in [0, 0.1) is 12.8 Å². The molecule has 0 fully saturated rings. The maximum atomic E-state index is 5.57. The van der Waals surface area contributed by atoms with Gasteiger partial charge in [-0.3, -0.25) is 0 Å². The normalized spacial score (nSPS) is 11.2. The van der Waals surface area contributed by atoms with Gasteiger partial charge in [0.2, 0.25) is 0 Å². The number of hydrogen-bond donors (Lipinski definition) is 2. The largest absolute Gasteiger partial charge is 0.356 e. The molecule has 0 aliphatic heterocycles. The molecule has 1 aromatic rings. The third-order valence-corrected chi connectivity index (χ3v) is 3.06. The van der Waals surface area contributed by atoms with E-state index < -0.39 is 0 Å². The molecule has 0 amide bonds. The Morgan fingerprint density at radius 1 is 1.21 bits per heavy atom. The van der Waals surface area contributed by atoms with Crippen molar-refractivity contribution >= 4 is 11.6 Å². The second-order valence-electron chi connectivity index (χ2n) is 5.61. The summed E-state index contributed by atoms with van der Waals surface area (Å²) in [5.74, 6) is 8.98. The summed E-state index contributed by atoms with van der Waals surface area (Å²) in [4.78, 5) is 11.5. The molecule has 108 valence electrons. The van der Waals surface area contributed by atoms with Crippen molar-refractivity contribution in [3.8, 4) is 0 Å². The molecule has 0 aromatic carbocycles. The van der Waals surface area contributed by atoms with Gasteiger partial charge in [0, 0.05) is 24.6 Å². The van der Waals surface area contributed by atoms with E-state index in [1.165, 1.54) is 0 Å². The van der Waals surface area contributed by atoms with E-state index in [9.17, 15) is 0 Å². The van der Waals surface area contributed by atoms with E-state index in [1.807, 2.05) is 6.92 Å². The van der Waals surface area contributed by atoms with Crippen molar-refractivity contribution in [2.24, 2.45) is 11.8 Å². The van der Waals surface area contributed by atoms with E-state index in [0.29, 0.717) is 5.92 Å². The molecule has 19 heavy (non-hydrogen) atoms. The zero-order chi connectivity index (χ0) is 14.6. The Balaban J connectivity index is 3.26. The van der Waals surface area contributed by atoms with Crippen LogP contribution in [0.3, 0.4) is 0 Å². The van der Waals surface area contributed by atoms with Crippen LogP contribution in [-0.4, -0.2) is 23.1 Å². The van der Waals surface area contributed by atoms with Gasteiger partial charge < -0.3 is 10.3 Å². The minimum atomic E-state index is 0.282. The predicted octanol–water partition coefficient (Wildman–Crippen LogP) is 2.68. The number of nitrogens with zero attached hydrogens (tertiary/aromatic N) is 3. The first-order chi connectivity index (χ1) is 8.90. The SMILES string of the molecule is CCN(CC(C)C)c1nc(C(C)C)nc(NN)c1C. The van der Waals surface area contributed by atoms with Crippen LogP contribution in [0.25, 0.3) is 0 Å². The van der Waals surface area contributed by atoms with Crippen molar-refractivity contribution < 1.29 is 0 Å². The second-order valence-corrected chi connectivity index (χ2v) is 5.61. The number of aromatic nitrogens is 2.